The van der Waals surface area contributed by atoms with Crippen molar-refractivity contribution in [2.75, 3.05) is 5.32 Å². The van der Waals surface area contributed by atoms with Crippen LogP contribution in [0.15, 0.2) is 30.6 Å². The Kier molecular flexibility index (Phi) is 4.17. The first-order valence-electron chi connectivity index (χ1n) is 8.25. The number of aromatic nitrogens is 4. The van der Waals surface area contributed by atoms with Crippen molar-refractivity contribution in [3.05, 3.63) is 40.6 Å². The Morgan fingerprint density at radius 2 is 1.96 bits per heavy atom. The molecule has 0 unspecified atom stereocenters. The first-order valence-corrected chi connectivity index (χ1v) is 9.00. The van der Waals surface area contributed by atoms with Crippen LogP contribution in [0.5, 0.6) is 0 Å². The third-order valence-corrected chi connectivity index (χ3v) is 5.52. The molecule has 1 aliphatic rings. The number of nitrogens with zero attached hydrogens (tertiary/aromatic N) is 3. The highest BCUT2D eigenvalue weighted by Gasteiger charge is 2.42. The van der Waals surface area contributed by atoms with Crippen LogP contribution in [0.1, 0.15) is 32.1 Å². The normalized spacial score (nSPS) is 16.9. The van der Waals surface area contributed by atoms with Gasteiger partial charge >= 0.3 is 0 Å². The molecule has 1 saturated carbocycles. The Bertz CT molecular complexity index is 874. The zero-order chi connectivity index (χ0) is 17.4. The summed E-state index contributed by atoms with van der Waals surface area (Å²) in [5.74, 6) is 0.280. The second-order valence-corrected chi connectivity index (χ2v) is 7.18. The molecule has 1 amide bonds. The fourth-order valence-corrected chi connectivity index (χ4v) is 3.83. The van der Waals surface area contributed by atoms with Gasteiger partial charge in [-0.05, 0) is 31.0 Å². The number of carbonyl (C=O) groups is 1. The number of halogens is 2. The lowest BCUT2D eigenvalue weighted by molar-refractivity contribution is -0.126. The molecule has 1 aromatic carbocycles. The Labute approximate surface area is 154 Å². The van der Waals surface area contributed by atoms with Crippen molar-refractivity contribution in [1.82, 2.24) is 19.7 Å². The molecule has 1 fully saturated rings. The summed E-state index contributed by atoms with van der Waals surface area (Å²) in [7, 11) is 0. The number of H-pyrrole nitrogens is 1. The fourth-order valence-electron chi connectivity index (χ4n) is 3.51. The van der Waals surface area contributed by atoms with Crippen LogP contribution in [-0.4, -0.2) is 25.7 Å². The van der Waals surface area contributed by atoms with Gasteiger partial charge in [0, 0.05) is 12.4 Å². The number of anilines is 1. The van der Waals surface area contributed by atoms with E-state index in [-0.39, 0.29) is 5.91 Å². The average molecular weight is 378 g/mol. The van der Waals surface area contributed by atoms with Crippen LogP contribution < -0.4 is 5.32 Å². The predicted molar refractivity (Wildman–Crippen MR) is 98.0 cm³/mol. The Morgan fingerprint density at radius 1 is 1.20 bits per heavy atom. The van der Waals surface area contributed by atoms with Crippen molar-refractivity contribution in [2.24, 2.45) is 0 Å². The summed E-state index contributed by atoms with van der Waals surface area (Å²) in [6.07, 6.45) is 8.21. The van der Waals surface area contributed by atoms with Crippen LogP contribution in [0.3, 0.4) is 0 Å². The van der Waals surface area contributed by atoms with E-state index in [2.05, 4.69) is 20.4 Å². The molecular weight excluding hydrogens is 361 g/mol. The quantitative estimate of drug-likeness (QED) is 0.711. The number of aromatic amines is 1. The molecule has 130 valence electrons. The van der Waals surface area contributed by atoms with Gasteiger partial charge in [-0.3, -0.25) is 14.8 Å². The average Bonchev–Trinajstić information content (AvgIpc) is 3.26. The molecule has 0 radical (unpaired) electrons. The molecule has 0 spiro atoms. The highest BCUT2D eigenvalue weighted by molar-refractivity contribution is 6.42. The van der Waals surface area contributed by atoms with Gasteiger partial charge in [-0.25, -0.2) is 4.98 Å². The topological polar surface area (TPSA) is 75.6 Å². The van der Waals surface area contributed by atoms with Crippen molar-refractivity contribution in [2.45, 2.75) is 37.6 Å². The van der Waals surface area contributed by atoms with Crippen molar-refractivity contribution < 1.29 is 4.79 Å². The van der Waals surface area contributed by atoms with Crippen LogP contribution in [-0.2, 0) is 10.3 Å². The van der Waals surface area contributed by atoms with E-state index >= 15 is 0 Å². The molecule has 25 heavy (non-hydrogen) atoms. The van der Waals surface area contributed by atoms with Crippen LogP contribution in [0.25, 0.3) is 11.0 Å². The summed E-state index contributed by atoms with van der Waals surface area (Å²) in [4.78, 5) is 20.6. The van der Waals surface area contributed by atoms with Gasteiger partial charge in [-0.15, -0.1) is 0 Å². The number of benzene rings is 1. The first-order chi connectivity index (χ1) is 12.1. The minimum Gasteiger partial charge on any atom is -0.324 e. The lowest BCUT2D eigenvalue weighted by atomic mass is 9.81. The van der Waals surface area contributed by atoms with Crippen LogP contribution >= 0.6 is 23.2 Å². The van der Waals surface area contributed by atoms with Crippen LogP contribution in [0, 0.1) is 0 Å². The maximum atomic E-state index is 13.1. The zero-order valence-corrected chi connectivity index (χ0v) is 14.9. The van der Waals surface area contributed by atoms with E-state index in [9.17, 15) is 4.79 Å². The van der Waals surface area contributed by atoms with E-state index in [0.29, 0.717) is 21.5 Å². The van der Waals surface area contributed by atoms with Gasteiger partial charge in [0.05, 0.1) is 21.1 Å². The predicted octanol–water partition coefficient (Wildman–Crippen LogP) is 4.36. The minimum atomic E-state index is -0.671. The monoisotopic (exact) mass is 377 g/mol. The Morgan fingerprint density at radius 3 is 2.68 bits per heavy atom. The summed E-state index contributed by atoms with van der Waals surface area (Å²) < 4.78 is 1.78. The maximum absolute atomic E-state index is 13.1. The lowest BCUT2D eigenvalue weighted by Gasteiger charge is -2.35. The van der Waals surface area contributed by atoms with Gasteiger partial charge in [-0.1, -0.05) is 42.5 Å². The molecule has 0 bridgehead atoms. The van der Waals surface area contributed by atoms with Gasteiger partial charge in [0.25, 0.3) is 5.91 Å². The fraction of sp³-hybridized carbons (Fsp3) is 0.353. The number of rotatable bonds is 3. The summed E-state index contributed by atoms with van der Waals surface area (Å²) in [6.45, 7) is 0. The highest BCUT2D eigenvalue weighted by atomic mass is 35.5. The molecule has 0 aliphatic heterocycles. The number of carbonyl (C=O) groups excluding carboxylic acids is 1. The third-order valence-electron chi connectivity index (χ3n) is 4.80. The maximum Gasteiger partial charge on any atom is 0.254 e. The Hall–Kier alpha value is -2.05. The van der Waals surface area contributed by atoms with Crippen LogP contribution in [0.2, 0.25) is 10.0 Å². The molecular formula is C17H17Cl2N5O. The van der Waals surface area contributed by atoms with E-state index in [1.165, 1.54) is 0 Å². The summed E-state index contributed by atoms with van der Waals surface area (Å²) in [6, 6.07) is 5.22. The molecule has 2 N–H and O–H groups in total. The molecule has 0 saturated heterocycles. The smallest absolute Gasteiger partial charge is 0.254 e. The van der Waals surface area contributed by atoms with Gasteiger partial charge in [0.2, 0.25) is 5.95 Å². The second-order valence-electron chi connectivity index (χ2n) is 6.37. The number of fused-ring (bicyclic) bond motifs is 1. The number of hydrogen-bond donors (Lipinski definition) is 2. The molecule has 3 aromatic rings. The minimum absolute atomic E-state index is 0.104. The van der Waals surface area contributed by atoms with Crippen molar-refractivity contribution in [3.63, 3.8) is 0 Å². The number of hydrogen-bond acceptors (Lipinski definition) is 3. The molecule has 0 atom stereocenters. The largest absolute Gasteiger partial charge is 0.324 e. The van der Waals surface area contributed by atoms with Crippen molar-refractivity contribution >= 4 is 46.1 Å². The van der Waals surface area contributed by atoms with Gasteiger partial charge in [0.1, 0.15) is 5.54 Å². The summed E-state index contributed by atoms with van der Waals surface area (Å²) in [5, 5.41) is 8.12. The zero-order valence-electron chi connectivity index (χ0n) is 13.4. The van der Waals surface area contributed by atoms with Gasteiger partial charge in [-0.2, -0.15) is 5.10 Å². The molecule has 1 aliphatic carbocycles. The highest BCUT2D eigenvalue weighted by Crippen LogP contribution is 2.35. The molecule has 6 nitrogen and oxygen atoms in total. The van der Waals surface area contributed by atoms with E-state index < -0.39 is 5.54 Å². The molecule has 2 aromatic heterocycles. The van der Waals surface area contributed by atoms with E-state index in [1.807, 2.05) is 12.3 Å². The lowest BCUT2D eigenvalue weighted by Crippen LogP contribution is -2.47. The van der Waals surface area contributed by atoms with Crippen LogP contribution in [0.4, 0.5) is 5.95 Å². The van der Waals surface area contributed by atoms with E-state index in [0.717, 1.165) is 37.6 Å². The third kappa shape index (κ3) is 2.89. The van der Waals surface area contributed by atoms with E-state index in [4.69, 9.17) is 23.2 Å². The first kappa shape index (κ1) is 16.4. The number of imidazole rings is 1. The second kappa shape index (κ2) is 6.35. The van der Waals surface area contributed by atoms with Gasteiger partial charge < -0.3 is 4.98 Å². The SMILES string of the molecule is O=C(Nc1nc2cc(Cl)c(Cl)cc2[nH]1)C1(n2cccn2)CCCCC1. The van der Waals surface area contributed by atoms with E-state index in [1.54, 1.807) is 23.0 Å². The summed E-state index contributed by atoms with van der Waals surface area (Å²) in [5.41, 5.74) is 0.707. The molecule has 4 rings (SSSR count). The summed E-state index contributed by atoms with van der Waals surface area (Å²) >= 11 is 12.1. The molecule has 2 heterocycles. The van der Waals surface area contributed by atoms with Crippen molar-refractivity contribution in [3.8, 4) is 0 Å². The number of amides is 1. The van der Waals surface area contributed by atoms with Crippen molar-refractivity contribution in [1.29, 1.82) is 0 Å². The molecule has 8 heteroatoms. The number of nitrogens with one attached hydrogen (secondary N) is 2. The standard InChI is InChI=1S/C17H17Cl2N5O/c18-11-9-13-14(10-12(11)19)22-16(21-13)23-15(25)17(5-2-1-3-6-17)24-8-4-7-20-24/h4,7-10H,1-3,5-6H2,(H2,21,22,23,25). The van der Waals surface area contributed by atoms with Gasteiger partial charge in [0.15, 0.2) is 0 Å². The Balaban J connectivity index is 1.65.